The molecule has 0 radical (unpaired) electrons. The molecule has 1 N–H and O–H groups in total. The number of nitrogens with zero attached hydrogens (tertiary/aromatic N) is 1. The molecule has 3 nitrogen and oxygen atoms in total. The van der Waals surface area contributed by atoms with E-state index in [0.29, 0.717) is 0 Å². The fourth-order valence-electron chi connectivity index (χ4n) is 2.99. The second-order valence-electron chi connectivity index (χ2n) is 5.86. The first-order valence-electron chi connectivity index (χ1n) is 8.22. The molecule has 1 saturated heterocycles. The van der Waals surface area contributed by atoms with Crippen LogP contribution in [-0.4, -0.2) is 35.1 Å². The highest BCUT2D eigenvalue weighted by molar-refractivity contribution is 5.73. The van der Waals surface area contributed by atoms with Crippen LogP contribution in [0.2, 0.25) is 0 Å². The van der Waals surface area contributed by atoms with Crippen molar-refractivity contribution in [1.82, 2.24) is 4.90 Å². The summed E-state index contributed by atoms with van der Waals surface area (Å²) in [5.41, 5.74) is 0. The van der Waals surface area contributed by atoms with Gasteiger partial charge in [0, 0.05) is 0 Å². The summed E-state index contributed by atoms with van der Waals surface area (Å²) in [6.07, 6.45) is 13.4. The van der Waals surface area contributed by atoms with Crippen molar-refractivity contribution in [3.8, 4) is 0 Å². The lowest BCUT2D eigenvalue weighted by molar-refractivity contribution is -0.143. The van der Waals surface area contributed by atoms with Crippen LogP contribution in [0.5, 0.6) is 0 Å². The average molecular weight is 269 g/mol. The van der Waals surface area contributed by atoms with Crippen LogP contribution in [0.15, 0.2) is 0 Å². The molecule has 0 aromatic heterocycles. The van der Waals surface area contributed by atoms with E-state index >= 15 is 0 Å². The molecule has 0 aromatic carbocycles. The van der Waals surface area contributed by atoms with Crippen LogP contribution in [0, 0.1) is 0 Å². The van der Waals surface area contributed by atoms with Crippen molar-refractivity contribution >= 4 is 5.97 Å². The van der Waals surface area contributed by atoms with Gasteiger partial charge in [0.15, 0.2) is 0 Å². The minimum atomic E-state index is -0.621. The molecule has 1 heterocycles. The topological polar surface area (TPSA) is 40.5 Å². The molecule has 0 saturated carbocycles. The molecular weight excluding hydrogens is 238 g/mol. The average Bonchev–Trinajstić information content (AvgIpc) is 2.63. The summed E-state index contributed by atoms with van der Waals surface area (Å²) in [4.78, 5) is 13.5. The van der Waals surface area contributed by atoms with E-state index in [4.69, 9.17) is 0 Å². The highest BCUT2D eigenvalue weighted by Crippen LogP contribution is 2.18. The van der Waals surface area contributed by atoms with Crippen molar-refractivity contribution in [2.24, 2.45) is 0 Å². The summed E-state index contributed by atoms with van der Waals surface area (Å²) < 4.78 is 0. The van der Waals surface area contributed by atoms with Gasteiger partial charge >= 0.3 is 5.97 Å². The van der Waals surface area contributed by atoms with Gasteiger partial charge in [-0.2, -0.15) is 0 Å². The van der Waals surface area contributed by atoms with Crippen molar-refractivity contribution in [2.75, 3.05) is 13.1 Å². The van der Waals surface area contributed by atoms with Crippen LogP contribution in [0.3, 0.4) is 0 Å². The largest absolute Gasteiger partial charge is 0.480 e. The third-order valence-electron chi connectivity index (χ3n) is 4.20. The Labute approximate surface area is 118 Å². The molecule has 1 aliphatic rings. The second kappa shape index (κ2) is 10.2. The Bertz CT molecular complexity index is 243. The SMILES string of the molecule is CCCCCCCCCN1CCCCCC1C(=O)O. The van der Waals surface area contributed by atoms with E-state index in [-0.39, 0.29) is 6.04 Å². The van der Waals surface area contributed by atoms with E-state index in [9.17, 15) is 9.90 Å². The lowest BCUT2D eigenvalue weighted by Gasteiger charge is -2.26. The van der Waals surface area contributed by atoms with Crippen molar-refractivity contribution < 1.29 is 9.90 Å². The fraction of sp³-hybridized carbons (Fsp3) is 0.938. The number of carboxylic acids is 1. The third-order valence-corrected chi connectivity index (χ3v) is 4.20. The van der Waals surface area contributed by atoms with E-state index in [1.54, 1.807) is 0 Å². The van der Waals surface area contributed by atoms with Gasteiger partial charge in [0.2, 0.25) is 0 Å². The van der Waals surface area contributed by atoms with E-state index in [2.05, 4.69) is 11.8 Å². The Hall–Kier alpha value is -0.570. The predicted octanol–water partition coefficient (Wildman–Crippen LogP) is 4.07. The minimum Gasteiger partial charge on any atom is -0.480 e. The van der Waals surface area contributed by atoms with Gasteiger partial charge < -0.3 is 5.11 Å². The summed E-state index contributed by atoms with van der Waals surface area (Å²) in [5.74, 6) is -0.621. The van der Waals surface area contributed by atoms with E-state index in [1.165, 1.54) is 51.4 Å². The van der Waals surface area contributed by atoms with Crippen LogP contribution < -0.4 is 0 Å². The molecule has 1 fully saturated rings. The van der Waals surface area contributed by atoms with Crippen LogP contribution in [-0.2, 0) is 4.79 Å². The van der Waals surface area contributed by atoms with Crippen LogP contribution >= 0.6 is 0 Å². The number of rotatable bonds is 9. The Balaban J connectivity index is 2.16. The minimum absolute atomic E-state index is 0.220. The van der Waals surface area contributed by atoms with E-state index in [0.717, 1.165) is 32.4 Å². The maximum Gasteiger partial charge on any atom is 0.320 e. The summed E-state index contributed by atoms with van der Waals surface area (Å²) in [6.45, 7) is 4.20. The van der Waals surface area contributed by atoms with Crippen LogP contribution in [0.4, 0.5) is 0 Å². The molecule has 1 rings (SSSR count). The zero-order valence-electron chi connectivity index (χ0n) is 12.6. The smallest absolute Gasteiger partial charge is 0.320 e. The summed E-state index contributed by atoms with van der Waals surface area (Å²) in [5, 5.41) is 9.29. The van der Waals surface area contributed by atoms with Gasteiger partial charge in [0.05, 0.1) is 0 Å². The molecule has 19 heavy (non-hydrogen) atoms. The Morgan fingerprint density at radius 2 is 1.74 bits per heavy atom. The fourth-order valence-corrected chi connectivity index (χ4v) is 2.99. The Kier molecular flexibility index (Phi) is 8.89. The molecular formula is C16H31NO2. The molecule has 0 amide bonds. The predicted molar refractivity (Wildman–Crippen MR) is 79.5 cm³/mol. The molecule has 0 bridgehead atoms. The molecule has 0 aromatic rings. The van der Waals surface area contributed by atoms with E-state index in [1.807, 2.05) is 0 Å². The highest BCUT2D eigenvalue weighted by Gasteiger charge is 2.26. The lowest BCUT2D eigenvalue weighted by Crippen LogP contribution is -2.41. The quantitative estimate of drug-likeness (QED) is 0.642. The Morgan fingerprint density at radius 3 is 2.42 bits per heavy atom. The first kappa shape index (κ1) is 16.5. The summed E-state index contributed by atoms with van der Waals surface area (Å²) in [6, 6.07) is -0.220. The van der Waals surface area contributed by atoms with Crippen molar-refractivity contribution in [3.05, 3.63) is 0 Å². The number of carboxylic acid groups (broad SMARTS) is 1. The number of aliphatic carboxylic acids is 1. The van der Waals surface area contributed by atoms with Crippen molar-refractivity contribution in [1.29, 1.82) is 0 Å². The maximum absolute atomic E-state index is 11.3. The number of hydrogen-bond donors (Lipinski definition) is 1. The number of hydrogen-bond acceptors (Lipinski definition) is 2. The van der Waals surface area contributed by atoms with Gasteiger partial charge in [-0.15, -0.1) is 0 Å². The molecule has 1 aliphatic heterocycles. The standard InChI is InChI=1S/C16H31NO2/c1-2-3-4-5-6-7-10-13-17-14-11-8-9-12-15(17)16(18)19/h15H,2-14H2,1H3,(H,18,19). The molecule has 0 aliphatic carbocycles. The summed E-state index contributed by atoms with van der Waals surface area (Å²) in [7, 11) is 0. The molecule has 1 atom stereocenters. The second-order valence-corrected chi connectivity index (χ2v) is 5.86. The Morgan fingerprint density at radius 1 is 1.05 bits per heavy atom. The molecule has 112 valence electrons. The monoisotopic (exact) mass is 269 g/mol. The van der Waals surface area contributed by atoms with Gasteiger partial charge in [-0.3, -0.25) is 9.69 Å². The zero-order valence-corrected chi connectivity index (χ0v) is 12.6. The molecule has 3 heteroatoms. The van der Waals surface area contributed by atoms with Gasteiger partial charge in [-0.1, -0.05) is 58.3 Å². The molecule has 1 unspecified atom stereocenters. The van der Waals surface area contributed by atoms with Gasteiger partial charge in [0.1, 0.15) is 6.04 Å². The molecule has 0 spiro atoms. The van der Waals surface area contributed by atoms with Crippen LogP contribution in [0.25, 0.3) is 0 Å². The first-order valence-corrected chi connectivity index (χ1v) is 8.22. The number of carbonyl (C=O) groups is 1. The first-order chi connectivity index (χ1) is 9.25. The normalized spacial score (nSPS) is 21.2. The number of likely N-dealkylation sites (tertiary alicyclic amines) is 1. The lowest BCUT2D eigenvalue weighted by atomic mass is 10.1. The summed E-state index contributed by atoms with van der Waals surface area (Å²) >= 11 is 0. The van der Waals surface area contributed by atoms with Gasteiger partial charge in [0.25, 0.3) is 0 Å². The zero-order chi connectivity index (χ0) is 13.9. The van der Waals surface area contributed by atoms with E-state index < -0.39 is 5.97 Å². The third kappa shape index (κ3) is 6.95. The van der Waals surface area contributed by atoms with Gasteiger partial charge in [-0.25, -0.2) is 0 Å². The highest BCUT2D eigenvalue weighted by atomic mass is 16.4. The maximum atomic E-state index is 11.3. The number of unbranched alkanes of at least 4 members (excludes halogenated alkanes) is 6. The van der Waals surface area contributed by atoms with Crippen molar-refractivity contribution in [2.45, 2.75) is 83.6 Å². The van der Waals surface area contributed by atoms with Crippen molar-refractivity contribution in [3.63, 3.8) is 0 Å². The van der Waals surface area contributed by atoms with Crippen LogP contribution in [0.1, 0.15) is 77.6 Å². The van der Waals surface area contributed by atoms with Gasteiger partial charge in [-0.05, 0) is 32.4 Å².